The fourth-order valence-corrected chi connectivity index (χ4v) is 4.15. The van der Waals surface area contributed by atoms with Gasteiger partial charge in [0.05, 0.1) is 5.02 Å². The third-order valence-electron chi connectivity index (χ3n) is 3.54. The number of hydrogen-bond acceptors (Lipinski definition) is 3. The molecule has 0 aliphatic heterocycles. The Hall–Kier alpha value is -0.780. The largest absolute Gasteiger partial charge is 0.399 e. The molecule has 1 aromatic rings. The Morgan fingerprint density at radius 3 is 2.30 bits per heavy atom. The molecule has 114 valence electrons. The minimum Gasteiger partial charge on any atom is -0.399 e. The molecule has 6 heteroatoms. The Balaban J connectivity index is 3.11. The highest BCUT2D eigenvalue weighted by Crippen LogP contribution is 2.27. The van der Waals surface area contributed by atoms with E-state index in [2.05, 4.69) is 13.8 Å². The minimum absolute atomic E-state index is 0.126. The van der Waals surface area contributed by atoms with Crippen molar-refractivity contribution in [3.8, 4) is 0 Å². The van der Waals surface area contributed by atoms with Crippen molar-refractivity contribution >= 4 is 27.3 Å². The van der Waals surface area contributed by atoms with E-state index in [0.717, 1.165) is 12.8 Å². The Morgan fingerprint density at radius 2 is 1.85 bits per heavy atom. The van der Waals surface area contributed by atoms with Crippen LogP contribution in [0.4, 0.5) is 5.69 Å². The van der Waals surface area contributed by atoms with Crippen molar-refractivity contribution in [2.24, 2.45) is 5.92 Å². The number of benzene rings is 1. The molecule has 0 aliphatic rings. The number of sulfonamides is 1. The third kappa shape index (κ3) is 3.87. The van der Waals surface area contributed by atoms with Gasteiger partial charge in [0.15, 0.2) is 0 Å². The summed E-state index contributed by atoms with van der Waals surface area (Å²) in [5.74, 6) is 0.359. The van der Waals surface area contributed by atoms with Crippen LogP contribution in [0.15, 0.2) is 23.1 Å². The van der Waals surface area contributed by atoms with E-state index >= 15 is 0 Å². The van der Waals surface area contributed by atoms with E-state index in [-0.39, 0.29) is 9.92 Å². The van der Waals surface area contributed by atoms with Gasteiger partial charge in [-0.25, -0.2) is 8.42 Å². The van der Waals surface area contributed by atoms with Crippen LogP contribution in [0.3, 0.4) is 0 Å². The summed E-state index contributed by atoms with van der Waals surface area (Å²) in [5, 5.41) is 0.174. The van der Waals surface area contributed by atoms with Crippen LogP contribution >= 0.6 is 11.6 Å². The fourth-order valence-electron chi connectivity index (χ4n) is 2.10. The average Bonchev–Trinajstić information content (AvgIpc) is 2.39. The summed E-state index contributed by atoms with van der Waals surface area (Å²) in [7, 11) is -3.57. The van der Waals surface area contributed by atoms with Crippen molar-refractivity contribution in [2.75, 3.05) is 18.8 Å². The zero-order valence-corrected chi connectivity index (χ0v) is 13.8. The van der Waals surface area contributed by atoms with Gasteiger partial charge >= 0.3 is 0 Å². The zero-order chi connectivity index (χ0) is 15.3. The number of rotatable bonds is 7. The van der Waals surface area contributed by atoms with Gasteiger partial charge in [0, 0.05) is 18.8 Å². The molecule has 20 heavy (non-hydrogen) atoms. The fraction of sp³-hybridized carbons (Fsp3) is 0.571. The van der Waals surface area contributed by atoms with Crippen LogP contribution in [0.1, 0.15) is 33.6 Å². The van der Waals surface area contributed by atoms with Crippen LogP contribution < -0.4 is 5.73 Å². The lowest BCUT2D eigenvalue weighted by Crippen LogP contribution is -2.35. The molecule has 0 unspecified atom stereocenters. The lowest BCUT2D eigenvalue weighted by atomic mass is 10.0. The van der Waals surface area contributed by atoms with Crippen LogP contribution in [0.25, 0.3) is 0 Å². The smallest absolute Gasteiger partial charge is 0.244 e. The second-order valence-electron chi connectivity index (χ2n) is 4.83. The topological polar surface area (TPSA) is 63.4 Å². The molecule has 0 aromatic heterocycles. The van der Waals surface area contributed by atoms with E-state index in [1.54, 1.807) is 6.07 Å². The van der Waals surface area contributed by atoms with Crippen molar-refractivity contribution in [1.82, 2.24) is 4.31 Å². The van der Waals surface area contributed by atoms with Gasteiger partial charge in [0.1, 0.15) is 4.90 Å². The van der Waals surface area contributed by atoms with Gasteiger partial charge in [-0.1, -0.05) is 45.2 Å². The lowest BCUT2D eigenvalue weighted by molar-refractivity contribution is 0.339. The summed E-state index contributed by atoms with van der Waals surface area (Å²) in [4.78, 5) is 0.126. The molecule has 0 saturated carbocycles. The molecule has 0 bridgehead atoms. The Labute approximate surface area is 127 Å². The van der Waals surface area contributed by atoms with Crippen molar-refractivity contribution in [2.45, 2.75) is 38.5 Å². The predicted octanol–water partition coefficient (Wildman–Crippen LogP) is 3.37. The normalized spacial score (nSPS) is 12.3. The Bertz CT molecular complexity index is 542. The highest BCUT2D eigenvalue weighted by Gasteiger charge is 2.27. The van der Waals surface area contributed by atoms with Gasteiger partial charge in [-0.2, -0.15) is 4.31 Å². The molecular weight excluding hydrogens is 296 g/mol. The van der Waals surface area contributed by atoms with Crippen LogP contribution in [0.2, 0.25) is 5.02 Å². The second-order valence-corrected chi connectivity index (χ2v) is 7.14. The summed E-state index contributed by atoms with van der Waals surface area (Å²) >= 11 is 6.03. The van der Waals surface area contributed by atoms with E-state index in [9.17, 15) is 8.42 Å². The first-order valence-corrected chi connectivity index (χ1v) is 8.73. The highest BCUT2D eigenvalue weighted by atomic mass is 35.5. The van der Waals surface area contributed by atoms with E-state index < -0.39 is 10.0 Å². The van der Waals surface area contributed by atoms with Crippen LogP contribution in [-0.4, -0.2) is 25.8 Å². The van der Waals surface area contributed by atoms with Crippen LogP contribution in [0.5, 0.6) is 0 Å². The molecule has 0 aliphatic carbocycles. The van der Waals surface area contributed by atoms with Crippen LogP contribution in [0, 0.1) is 5.92 Å². The number of anilines is 1. The van der Waals surface area contributed by atoms with Crippen molar-refractivity contribution in [3.63, 3.8) is 0 Å². The number of halogens is 1. The molecule has 1 rings (SSSR count). The minimum atomic E-state index is -3.57. The molecule has 0 saturated heterocycles. The molecule has 2 N–H and O–H groups in total. The van der Waals surface area contributed by atoms with Crippen LogP contribution in [-0.2, 0) is 10.0 Å². The van der Waals surface area contributed by atoms with E-state index in [0.29, 0.717) is 24.7 Å². The first kappa shape index (κ1) is 17.3. The maximum atomic E-state index is 12.7. The number of hydrogen-bond donors (Lipinski definition) is 1. The number of nitrogens with zero attached hydrogens (tertiary/aromatic N) is 1. The first-order chi connectivity index (χ1) is 9.36. The Morgan fingerprint density at radius 1 is 1.25 bits per heavy atom. The summed E-state index contributed by atoms with van der Waals surface area (Å²) in [5.41, 5.74) is 6.07. The molecule has 0 atom stereocenters. The SMILES string of the molecule is CCC(CC)CN(CC)S(=O)(=O)c1ccc(N)cc1Cl. The predicted molar refractivity (Wildman–Crippen MR) is 84.4 cm³/mol. The maximum absolute atomic E-state index is 12.7. The average molecular weight is 319 g/mol. The third-order valence-corrected chi connectivity index (χ3v) is 5.97. The molecule has 4 nitrogen and oxygen atoms in total. The van der Waals surface area contributed by atoms with Gasteiger partial charge in [0.2, 0.25) is 10.0 Å². The van der Waals surface area contributed by atoms with Gasteiger partial charge in [-0.05, 0) is 24.1 Å². The van der Waals surface area contributed by atoms with Crippen molar-refractivity contribution in [1.29, 1.82) is 0 Å². The van der Waals surface area contributed by atoms with Crippen molar-refractivity contribution in [3.05, 3.63) is 23.2 Å². The highest BCUT2D eigenvalue weighted by molar-refractivity contribution is 7.89. The second kappa shape index (κ2) is 7.29. The van der Waals surface area contributed by atoms with Gasteiger partial charge < -0.3 is 5.73 Å². The first-order valence-electron chi connectivity index (χ1n) is 6.91. The maximum Gasteiger partial charge on any atom is 0.244 e. The summed E-state index contributed by atoms with van der Waals surface area (Å²) in [6.07, 6.45) is 1.91. The Kier molecular flexibility index (Phi) is 6.30. The molecular formula is C14H23ClN2O2S. The van der Waals surface area contributed by atoms with Gasteiger partial charge in [0.25, 0.3) is 0 Å². The summed E-state index contributed by atoms with van der Waals surface area (Å²) < 4.78 is 26.8. The molecule has 0 heterocycles. The number of nitrogens with two attached hydrogens (primary N) is 1. The summed E-state index contributed by atoms with van der Waals surface area (Å²) in [6.45, 7) is 6.94. The zero-order valence-electron chi connectivity index (χ0n) is 12.3. The van der Waals surface area contributed by atoms with Gasteiger partial charge in [-0.3, -0.25) is 0 Å². The molecule has 0 amide bonds. The molecule has 1 aromatic carbocycles. The van der Waals surface area contributed by atoms with Crippen molar-refractivity contribution < 1.29 is 8.42 Å². The lowest BCUT2D eigenvalue weighted by Gasteiger charge is -2.25. The number of nitrogen functional groups attached to an aromatic ring is 1. The molecule has 0 radical (unpaired) electrons. The quantitative estimate of drug-likeness (QED) is 0.784. The van der Waals surface area contributed by atoms with E-state index in [1.165, 1.54) is 16.4 Å². The monoisotopic (exact) mass is 318 g/mol. The summed E-state index contributed by atoms with van der Waals surface area (Å²) in [6, 6.07) is 4.51. The molecule has 0 spiro atoms. The standard InChI is InChI=1S/C14H23ClN2O2S/c1-4-11(5-2)10-17(6-3)20(18,19)14-8-7-12(16)9-13(14)15/h7-9,11H,4-6,10,16H2,1-3H3. The van der Waals surface area contributed by atoms with Gasteiger partial charge in [-0.15, -0.1) is 0 Å². The molecule has 0 fully saturated rings. The van der Waals surface area contributed by atoms with E-state index in [1.807, 2.05) is 6.92 Å². The van der Waals surface area contributed by atoms with E-state index in [4.69, 9.17) is 17.3 Å².